The second-order valence-corrected chi connectivity index (χ2v) is 6.85. The van der Waals surface area contributed by atoms with Gasteiger partial charge in [0.05, 0.1) is 6.61 Å². The first-order valence-electron chi connectivity index (χ1n) is 6.85. The van der Waals surface area contributed by atoms with Crippen LogP contribution >= 0.6 is 0 Å². The van der Waals surface area contributed by atoms with Gasteiger partial charge in [-0.05, 0) is 43.9 Å². The molecule has 0 amide bonds. The molecular weight excluding hydrogens is 293 g/mol. The molecule has 2 rings (SSSR count). The molecular formula is C15H18FNO3S. The van der Waals surface area contributed by atoms with Crippen molar-refractivity contribution in [3.63, 3.8) is 0 Å². The summed E-state index contributed by atoms with van der Waals surface area (Å²) in [6.07, 6.45) is 2.30. The molecule has 1 aliphatic rings. The summed E-state index contributed by atoms with van der Waals surface area (Å²) in [6, 6.07) is 3.60. The van der Waals surface area contributed by atoms with E-state index in [1.807, 2.05) is 0 Å². The van der Waals surface area contributed by atoms with Crippen LogP contribution < -0.4 is 4.72 Å². The smallest absolute Gasteiger partial charge is 0.243 e. The topological polar surface area (TPSA) is 66.4 Å². The van der Waals surface area contributed by atoms with Gasteiger partial charge in [0.2, 0.25) is 10.0 Å². The second-order valence-electron chi connectivity index (χ2n) is 5.17. The number of sulfonamides is 1. The molecule has 4 nitrogen and oxygen atoms in total. The van der Waals surface area contributed by atoms with E-state index in [0.717, 1.165) is 18.9 Å². The summed E-state index contributed by atoms with van der Waals surface area (Å²) in [6.45, 7) is 1.73. The Labute approximate surface area is 124 Å². The lowest BCUT2D eigenvalue weighted by Crippen LogP contribution is -2.34. The van der Waals surface area contributed by atoms with E-state index in [9.17, 15) is 12.8 Å². The van der Waals surface area contributed by atoms with Gasteiger partial charge in [-0.2, -0.15) is 0 Å². The number of hydrogen-bond donors (Lipinski definition) is 2. The van der Waals surface area contributed by atoms with Crippen LogP contribution in [0.1, 0.15) is 31.7 Å². The van der Waals surface area contributed by atoms with Crippen LogP contribution in [0.3, 0.4) is 0 Å². The summed E-state index contributed by atoms with van der Waals surface area (Å²) in [5.41, 5.74) is 0.384. The van der Waals surface area contributed by atoms with E-state index in [0.29, 0.717) is 17.9 Å². The van der Waals surface area contributed by atoms with Crippen molar-refractivity contribution in [3.8, 4) is 11.8 Å². The third-order valence-electron chi connectivity index (χ3n) is 3.36. The van der Waals surface area contributed by atoms with Crippen LogP contribution in [0, 0.1) is 23.6 Å². The fourth-order valence-electron chi connectivity index (χ4n) is 2.02. The summed E-state index contributed by atoms with van der Waals surface area (Å²) in [4.78, 5) is -0.359. The average molecular weight is 311 g/mol. The predicted molar refractivity (Wildman–Crippen MR) is 77.5 cm³/mol. The number of aliphatic hydroxyl groups is 1. The Bertz CT molecular complexity index is 672. The van der Waals surface area contributed by atoms with E-state index < -0.39 is 15.8 Å². The minimum atomic E-state index is -3.85. The van der Waals surface area contributed by atoms with Gasteiger partial charge in [-0.25, -0.2) is 17.5 Å². The number of halogens is 1. The lowest BCUT2D eigenvalue weighted by Gasteiger charge is -2.13. The predicted octanol–water partition coefficient (Wildman–Crippen LogP) is 1.64. The van der Waals surface area contributed by atoms with E-state index in [4.69, 9.17) is 5.11 Å². The Hall–Kier alpha value is -1.42. The molecule has 114 valence electrons. The standard InChI is InChI=1S/C15H18FNO3S/c1-11(13-6-7-13)17-21(19,20)15-8-5-12(10-14(15)16)4-2-3-9-18/h5,8,10-11,13,17-18H,3,6-7,9H2,1H3. The molecule has 0 bridgehead atoms. The Morgan fingerprint density at radius 3 is 2.76 bits per heavy atom. The Kier molecular flexibility index (Phi) is 4.99. The van der Waals surface area contributed by atoms with Crippen LogP contribution in [0.5, 0.6) is 0 Å². The fraction of sp³-hybridized carbons (Fsp3) is 0.467. The van der Waals surface area contributed by atoms with Crippen LogP contribution in [-0.2, 0) is 10.0 Å². The van der Waals surface area contributed by atoms with Gasteiger partial charge >= 0.3 is 0 Å². The summed E-state index contributed by atoms with van der Waals surface area (Å²) in [5.74, 6) is 4.86. The zero-order chi connectivity index (χ0) is 15.5. The first-order valence-corrected chi connectivity index (χ1v) is 8.34. The molecule has 2 N–H and O–H groups in total. The van der Waals surface area contributed by atoms with E-state index in [2.05, 4.69) is 16.6 Å². The van der Waals surface area contributed by atoms with Gasteiger partial charge in [0.15, 0.2) is 0 Å². The Balaban J connectivity index is 2.18. The van der Waals surface area contributed by atoms with Gasteiger partial charge in [0.1, 0.15) is 10.7 Å². The summed E-state index contributed by atoms with van der Waals surface area (Å²) >= 11 is 0. The van der Waals surface area contributed by atoms with Crippen LogP contribution in [0.4, 0.5) is 4.39 Å². The monoisotopic (exact) mass is 311 g/mol. The lowest BCUT2D eigenvalue weighted by molar-refractivity contribution is 0.305. The zero-order valence-corrected chi connectivity index (χ0v) is 12.6. The minimum Gasteiger partial charge on any atom is -0.395 e. The van der Waals surface area contributed by atoms with Gasteiger partial charge < -0.3 is 5.11 Å². The molecule has 0 spiro atoms. The van der Waals surface area contributed by atoms with Gasteiger partial charge in [-0.3, -0.25) is 0 Å². The number of benzene rings is 1. The number of nitrogens with one attached hydrogen (secondary N) is 1. The highest BCUT2D eigenvalue weighted by molar-refractivity contribution is 7.89. The van der Waals surface area contributed by atoms with Crippen molar-refractivity contribution in [3.05, 3.63) is 29.6 Å². The van der Waals surface area contributed by atoms with E-state index in [1.54, 1.807) is 6.92 Å². The maximum atomic E-state index is 14.0. The summed E-state index contributed by atoms with van der Waals surface area (Å²) in [7, 11) is -3.85. The zero-order valence-electron chi connectivity index (χ0n) is 11.8. The average Bonchev–Trinajstić information content (AvgIpc) is 3.22. The molecule has 0 aliphatic heterocycles. The molecule has 21 heavy (non-hydrogen) atoms. The molecule has 1 atom stereocenters. The highest BCUT2D eigenvalue weighted by atomic mass is 32.2. The highest BCUT2D eigenvalue weighted by Crippen LogP contribution is 2.33. The van der Waals surface area contributed by atoms with E-state index in [1.165, 1.54) is 12.1 Å². The van der Waals surface area contributed by atoms with Crippen molar-refractivity contribution in [1.82, 2.24) is 4.72 Å². The fourth-order valence-corrected chi connectivity index (χ4v) is 3.39. The van der Waals surface area contributed by atoms with Crippen molar-refractivity contribution < 1.29 is 17.9 Å². The maximum Gasteiger partial charge on any atom is 0.243 e. The number of rotatable bonds is 5. The normalized spacial score (nSPS) is 16.1. The quantitative estimate of drug-likeness (QED) is 0.812. The van der Waals surface area contributed by atoms with Crippen LogP contribution in [-0.4, -0.2) is 26.2 Å². The Morgan fingerprint density at radius 2 is 2.19 bits per heavy atom. The minimum absolute atomic E-state index is 0.0646. The van der Waals surface area contributed by atoms with E-state index >= 15 is 0 Å². The summed E-state index contributed by atoms with van der Waals surface area (Å²) in [5, 5.41) is 8.62. The second kappa shape index (κ2) is 6.56. The third-order valence-corrected chi connectivity index (χ3v) is 4.95. The van der Waals surface area contributed by atoms with Gasteiger partial charge in [0, 0.05) is 18.0 Å². The van der Waals surface area contributed by atoms with Crippen molar-refractivity contribution >= 4 is 10.0 Å². The lowest BCUT2D eigenvalue weighted by atomic mass is 10.2. The molecule has 1 saturated carbocycles. The first-order chi connectivity index (χ1) is 9.94. The highest BCUT2D eigenvalue weighted by Gasteiger charge is 2.32. The molecule has 1 aromatic rings. The number of hydrogen-bond acceptors (Lipinski definition) is 3. The van der Waals surface area contributed by atoms with Crippen LogP contribution in [0.15, 0.2) is 23.1 Å². The van der Waals surface area contributed by atoms with Crippen molar-refractivity contribution in [2.45, 2.75) is 37.1 Å². The largest absolute Gasteiger partial charge is 0.395 e. The summed E-state index contributed by atoms with van der Waals surface area (Å²) < 4.78 is 40.8. The van der Waals surface area contributed by atoms with Crippen LogP contribution in [0.25, 0.3) is 0 Å². The Morgan fingerprint density at radius 1 is 1.48 bits per heavy atom. The molecule has 0 aromatic heterocycles. The van der Waals surface area contributed by atoms with Gasteiger partial charge in [-0.15, -0.1) is 0 Å². The molecule has 6 heteroatoms. The van der Waals surface area contributed by atoms with Crippen LogP contribution in [0.2, 0.25) is 0 Å². The van der Waals surface area contributed by atoms with Crippen molar-refractivity contribution in [2.24, 2.45) is 5.92 Å². The SMILES string of the molecule is CC(NS(=O)(=O)c1ccc(C#CCCO)cc1F)C1CC1. The van der Waals surface area contributed by atoms with Gasteiger partial charge in [-0.1, -0.05) is 11.8 Å². The van der Waals surface area contributed by atoms with Gasteiger partial charge in [0.25, 0.3) is 0 Å². The third kappa shape index (κ3) is 4.27. The van der Waals surface area contributed by atoms with Crippen molar-refractivity contribution in [1.29, 1.82) is 0 Å². The van der Waals surface area contributed by atoms with E-state index in [-0.39, 0.29) is 17.5 Å². The molecule has 0 saturated heterocycles. The molecule has 1 fully saturated rings. The molecule has 1 aromatic carbocycles. The van der Waals surface area contributed by atoms with Crippen molar-refractivity contribution in [2.75, 3.05) is 6.61 Å². The molecule has 0 heterocycles. The maximum absolute atomic E-state index is 14.0. The molecule has 0 radical (unpaired) electrons. The first kappa shape index (κ1) is 16.0. The number of aliphatic hydroxyl groups excluding tert-OH is 1. The molecule has 1 unspecified atom stereocenters. The molecule has 1 aliphatic carbocycles.